The molecule has 2 aliphatic heterocycles. The van der Waals surface area contributed by atoms with Crippen LogP contribution in [0.25, 0.3) is 0 Å². The van der Waals surface area contributed by atoms with Crippen LogP contribution in [-0.4, -0.2) is 54.8 Å². The largest absolute Gasteiger partial charge is 0.300 e. The number of halogens is 1. The summed E-state index contributed by atoms with van der Waals surface area (Å²) in [5.41, 5.74) is 0.710. The Balaban J connectivity index is 1.43. The van der Waals surface area contributed by atoms with Gasteiger partial charge in [-0.15, -0.1) is 0 Å². The molecule has 1 aromatic rings. The minimum Gasteiger partial charge on any atom is -0.300 e. The fraction of sp³-hybridized carbons (Fsp3) is 0.824. The third-order valence-corrected chi connectivity index (χ3v) is 9.47. The van der Waals surface area contributed by atoms with Crippen LogP contribution in [0.5, 0.6) is 0 Å². The van der Waals surface area contributed by atoms with E-state index in [1.165, 1.54) is 12.8 Å². The fourth-order valence-electron chi connectivity index (χ4n) is 4.05. The van der Waals surface area contributed by atoms with E-state index in [0.29, 0.717) is 39.4 Å². The van der Waals surface area contributed by atoms with Crippen LogP contribution in [-0.2, 0) is 10.0 Å². The molecule has 0 bridgehead atoms. The van der Waals surface area contributed by atoms with Crippen molar-refractivity contribution in [1.29, 1.82) is 0 Å². The molecule has 8 heteroatoms. The maximum absolute atomic E-state index is 13.1. The maximum Gasteiger partial charge on any atom is 0.254 e. The van der Waals surface area contributed by atoms with Gasteiger partial charge in [0.1, 0.15) is 0 Å². The number of hydrogen-bond donors (Lipinski definition) is 0. The van der Waals surface area contributed by atoms with Crippen LogP contribution in [0, 0.1) is 5.92 Å². The summed E-state index contributed by atoms with van der Waals surface area (Å²) in [6, 6.07) is 0.534. The monoisotopic (exact) mass is 403 g/mol. The molecule has 3 aliphatic rings. The van der Waals surface area contributed by atoms with Crippen molar-refractivity contribution in [2.45, 2.75) is 61.6 Å². The number of likely N-dealkylation sites (tertiary alicyclic amines) is 1. The normalized spacial score (nSPS) is 25.5. The van der Waals surface area contributed by atoms with Gasteiger partial charge in [0.2, 0.25) is 0 Å². The molecule has 25 heavy (non-hydrogen) atoms. The van der Waals surface area contributed by atoms with Crippen LogP contribution < -0.4 is 0 Å². The predicted molar refractivity (Wildman–Crippen MR) is 101 cm³/mol. The van der Waals surface area contributed by atoms with Crippen molar-refractivity contribution in [3.63, 3.8) is 0 Å². The van der Waals surface area contributed by atoms with E-state index in [4.69, 9.17) is 11.6 Å². The molecular formula is C17H26ClN3O2S2. The first-order valence-corrected chi connectivity index (χ1v) is 12.0. The van der Waals surface area contributed by atoms with Gasteiger partial charge in [0.15, 0.2) is 8.68 Å². The third kappa shape index (κ3) is 3.76. The summed E-state index contributed by atoms with van der Waals surface area (Å²) in [6.45, 7) is 5.87. The Kier molecular flexibility index (Phi) is 5.14. The molecule has 5 nitrogen and oxygen atoms in total. The molecular weight excluding hydrogens is 378 g/mol. The zero-order valence-electron chi connectivity index (χ0n) is 14.7. The summed E-state index contributed by atoms with van der Waals surface area (Å²) in [7, 11) is -3.45. The number of nitrogens with zero attached hydrogens (tertiary/aromatic N) is 3. The van der Waals surface area contributed by atoms with Gasteiger partial charge < -0.3 is 4.90 Å². The van der Waals surface area contributed by atoms with Gasteiger partial charge in [0, 0.05) is 25.0 Å². The molecule has 2 saturated heterocycles. The Bertz CT molecular complexity index is 716. The standard InChI is InChI=1S/C17H26ClN3O2S2/c1-12-4-8-20(9-5-12)14-6-10-21(11-7-14)25(22,23)16-15(13-2-3-13)19-17(18)24-16/h12-14H,2-11H2,1H3. The summed E-state index contributed by atoms with van der Waals surface area (Å²) < 4.78 is 28.6. The number of hydrogen-bond acceptors (Lipinski definition) is 5. The lowest BCUT2D eigenvalue weighted by Gasteiger charge is -2.40. The lowest BCUT2D eigenvalue weighted by atomic mass is 9.95. The van der Waals surface area contributed by atoms with Crippen molar-refractivity contribution in [1.82, 2.24) is 14.2 Å². The number of aromatic nitrogens is 1. The van der Waals surface area contributed by atoms with Crippen LogP contribution in [0.15, 0.2) is 4.21 Å². The Hall–Kier alpha value is -0.210. The van der Waals surface area contributed by atoms with Gasteiger partial charge in [-0.2, -0.15) is 4.31 Å². The number of piperidine rings is 2. The molecule has 4 rings (SSSR count). The second-order valence-corrected chi connectivity index (χ2v) is 11.5. The van der Waals surface area contributed by atoms with Gasteiger partial charge in [-0.25, -0.2) is 13.4 Å². The average Bonchev–Trinajstić information content (AvgIpc) is 3.37. The van der Waals surface area contributed by atoms with E-state index in [2.05, 4.69) is 16.8 Å². The topological polar surface area (TPSA) is 53.5 Å². The van der Waals surface area contributed by atoms with Crippen molar-refractivity contribution in [3.05, 3.63) is 10.2 Å². The molecule has 1 aliphatic carbocycles. The summed E-state index contributed by atoms with van der Waals surface area (Å²) in [6.07, 6.45) is 6.44. The summed E-state index contributed by atoms with van der Waals surface area (Å²) in [4.78, 5) is 6.87. The minimum absolute atomic E-state index is 0.293. The van der Waals surface area contributed by atoms with Gasteiger partial charge in [-0.3, -0.25) is 0 Å². The van der Waals surface area contributed by atoms with Crippen LogP contribution in [0.4, 0.5) is 0 Å². The number of sulfonamides is 1. The Labute approximate surface area is 159 Å². The molecule has 0 N–H and O–H groups in total. The highest BCUT2D eigenvalue weighted by Gasteiger charge is 2.39. The second kappa shape index (κ2) is 7.08. The molecule has 3 fully saturated rings. The third-order valence-electron chi connectivity index (χ3n) is 5.89. The van der Waals surface area contributed by atoms with E-state index in [9.17, 15) is 8.42 Å². The van der Waals surface area contributed by atoms with Crippen molar-refractivity contribution >= 4 is 33.0 Å². The van der Waals surface area contributed by atoms with E-state index >= 15 is 0 Å². The summed E-state index contributed by atoms with van der Waals surface area (Å²) >= 11 is 7.16. The summed E-state index contributed by atoms with van der Waals surface area (Å²) in [5.74, 6) is 1.12. The van der Waals surface area contributed by atoms with Crippen molar-refractivity contribution in [2.75, 3.05) is 26.2 Å². The maximum atomic E-state index is 13.1. The van der Waals surface area contributed by atoms with Crippen LogP contribution >= 0.6 is 22.9 Å². The van der Waals surface area contributed by atoms with Crippen molar-refractivity contribution in [3.8, 4) is 0 Å². The van der Waals surface area contributed by atoms with E-state index in [1.54, 1.807) is 4.31 Å². The smallest absolute Gasteiger partial charge is 0.254 e. The molecule has 0 spiro atoms. The van der Waals surface area contributed by atoms with Gasteiger partial charge in [-0.1, -0.05) is 29.9 Å². The first-order chi connectivity index (χ1) is 11.9. The Morgan fingerprint density at radius 3 is 2.28 bits per heavy atom. The molecule has 0 amide bonds. The van der Waals surface area contributed by atoms with E-state index < -0.39 is 10.0 Å². The highest BCUT2D eigenvalue weighted by Crippen LogP contribution is 2.45. The second-order valence-electron chi connectivity index (χ2n) is 7.77. The Morgan fingerprint density at radius 2 is 1.68 bits per heavy atom. The zero-order chi connectivity index (χ0) is 17.6. The van der Waals surface area contributed by atoms with Crippen LogP contribution in [0.1, 0.15) is 57.1 Å². The highest BCUT2D eigenvalue weighted by atomic mass is 35.5. The predicted octanol–water partition coefficient (Wildman–Crippen LogP) is 3.56. The van der Waals surface area contributed by atoms with Crippen LogP contribution in [0.2, 0.25) is 4.47 Å². The van der Waals surface area contributed by atoms with Gasteiger partial charge in [0.25, 0.3) is 10.0 Å². The minimum atomic E-state index is -3.45. The van der Waals surface area contributed by atoms with E-state index in [1.807, 2.05) is 0 Å². The van der Waals surface area contributed by atoms with Gasteiger partial charge >= 0.3 is 0 Å². The molecule has 0 aromatic carbocycles. The molecule has 0 unspecified atom stereocenters. The average molecular weight is 404 g/mol. The molecule has 1 aromatic heterocycles. The number of thiazole rings is 1. The molecule has 0 radical (unpaired) electrons. The zero-order valence-corrected chi connectivity index (χ0v) is 17.0. The SMILES string of the molecule is CC1CCN(C2CCN(S(=O)(=O)c3sc(Cl)nc3C3CC3)CC2)CC1. The lowest BCUT2D eigenvalue weighted by Crippen LogP contribution is -2.48. The number of rotatable bonds is 4. The van der Waals surface area contributed by atoms with Gasteiger partial charge in [-0.05, 0) is 57.5 Å². The molecule has 0 atom stereocenters. The quantitative estimate of drug-likeness (QED) is 0.771. The lowest BCUT2D eigenvalue weighted by molar-refractivity contribution is 0.101. The van der Waals surface area contributed by atoms with E-state index in [-0.39, 0.29) is 0 Å². The first kappa shape index (κ1) is 18.2. The molecule has 140 valence electrons. The summed E-state index contributed by atoms with van der Waals surface area (Å²) in [5, 5.41) is 0. The highest BCUT2D eigenvalue weighted by molar-refractivity contribution is 7.91. The molecule has 1 saturated carbocycles. The van der Waals surface area contributed by atoms with Crippen molar-refractivity contribution < 1.29 is 8.42 Å². The Morgan fingerprint density at radius 1 is 1.04 bits per heavy atom. The van der Waals surface area contributed by atoms with Crippen molar-refractivity contribution in [2.24, 2.45) is 5.92 Å². The fourth-order valence-corrected chi connectivity index (χ4v) is 7.50. The van der Waals surface area contributed by atoms with Gasteiger partial charge in [0.05, 0.1) is 5.69 Å². The van der Waals surface area contributed by atoms with E-state index in [0.717, 1.165) is 56.0 Å². The first-order valence-electron chi connectivity index (χ1n) is 9.35. The molecule has 3 heterocycles. The van der Waals surface area contributed by atoms with Crippen LogP contribution in [0.3, 0.4) is 0 Å².